The number of ketones is 2. The van der Waals surface area contributed by atoms with E-state index in [9.17, 15) is 24.8 Å². The molecule has 10 heteroatoms. The normalized spacial score (nSPS) is 25.2. The van der Waals surface area contributed by atoms with E-state index >= 15 is 9.59 Å². The van der Waals surface area contributed by atoms with Gasteiger partial charge in [-0.3, -0.25) is 29.3 Å². The molecule has 10 nitrogen and oxygen atoms in total. The van der Waals surface area contributed by atoms with E-state index in [4.69, 9.17) is 4.74 Å². The maximum absolute atomic E-state index is 15.3. The standard InChI is InChI=1S/C47H36N2O8/c50-40-24-33(57-27-28-11-4-1-5-12-28)19-20-35(40)43-34-21-22-36-42(46(54)48(45(36)53)31-17-10-18-32(23-31)49(55)56)38(34)25-39-44(52)37(29-13-6-2-7-14-29)26-41(51)47(39,43)30-15-8-3-9-16-30/h1-21,23-24,26,36,38-39,42-43,50H,22,25,27H2. The van der Waals surface area contributed by atoms with Crippen LogP contribution in [0.1, 0.15) is 41.0 Å². The van der Waals surface area contributed by atoms with E-state index in [1.54, 1.807) is 36.4 Å². The lowest BCUT2D eigenvalue weighted by atomic mass is 9.44. The van der Waals surface area contributed by atoms with Crippen LogP contribution < -0.4 is 9.64 Å². The van der Waals surface area contributed by atoms with Crippen molar-refractivity contribution in [2.75, 3.05) is 4.90 Å². The highest BCUT2D eigenvalue weighted by molar-refractivity contribution is 6.32. The molecule has 6 atom stereocenters. The highest BCUT2D eigenvalue weighted by Gasteiger charge is 2.66. The zero-order valence-electron chi connectivity index (χ0n) is 30.6. The van der Waals surface area contributed by atoms with Gasteiger partial charge in [-0.15, -0.1) is 0 Å². The number of nitro benzene ring substituents is 1. The van der Waals surface area contributed by atoms with Crippen molar-refractivity contribution in [1.29, 1.82) is 0 Å². The molecule has 282 valence electrons. The number of nitro groups is 1. The van der Waals surface area contributed by atoms with Crippen molar-refractivity contribution in [1.82, 2.24) is 0 Å². The van der Waals surface area contributed by atoms with E-state index in [1.807, 2.05) is 72.8 Å². The number of fused-ring (bicyclic) bond motifs is 4. The number of amides is 2. The Morgan fingerprint density at radius 3 is 2.19 bits per heavy atom. The third-order valence-electron chi connectivity index (χ3n) is 12.2. The largest absolute Gasteiger partial charge is 0.508 e. The lowest BCUT2D eigenvalue weighted by Gasteiger charge is -2.55. The molecule has 2 fully saturated rings. The predicted molar refractivity (Wildman–Crippen MR) is 211 cm³/mol. The Hall–Kier alpha value is -6.94. The van der Waals surface area contributed by atoms with Crippen LogP contribution in [0.2, 0.25) is 0 Å². The Morgan fingerprint density at radius 1 is 0.789 bits per heavy atom. The van der Waals surface area contributed by atoms with Crippen LogP contribution in [0.3, 0.4) is 0 Å². The molecule has 5 aromatic carbocycles. The Balaban J connectivity index is 1.22. The lowest BCUT2D eigenvalue weighted by molar-refractivity contribution is -0.384. The summed E-state index contributed by atoms with van der Waals surface area (Å²) in [5.41, 5.74) is 1.76. The van der Waals surface area contributed by atoms with Gasteiger partial charge in [0.25, 0.3) is 5.69 Å². The molecule has 0 bridgehead atoms. The average molecular weight is 757 g/mol. The van der Waals surface area contributed by atoms with Crippen LogP contribution in [0.5, 0.6) is 11.5 Å². The smallest absolute Gasteiger partial charge is 0.271 e. The van der Waals surface area contributed by atoms with E-state index in [1.165, 1.54) is 36.4 Å². The van der Waals surface area contributed by atoms with Crippen molar-refractivity contribution in [3.05, 3.63) is 184 Å². The minimum Gasteiger partial charge on any atom is -0.508 e. The molecule has 0 aromatic heterocycles. The Morgan fingerprint density at radius 2 is 1.49 bits per heavy atom. The molecule has 1 aliphatic heterocycles. The third-order valence-corrected chi connectivity index (χ3v) is 12.2. The number of anilines is 1. The highest BCUT2D eigenvalue weighted by Crippen LogP contribution is 2.64. The SMILES string of the molecule is O=C1C(c2ccccc2)=CC(=O)C2(c3ccccc3)C1CC1C(=CCC3C(=O)N(c4cccc([N+](=O)[O-])c4)C(=O)C31)C2c1ccc(OCc2ccccc2)cc1O. The van der Waals surface area contributed by atoms with Crippen LogP contribution in [-0.4, -0.2) is 33.4 Å². The zero-order valence-corrected chi connectivity index (χ0v) is 30.6. The minimum absolute atomic E-state index is 0.0774. The second kappa shape index (κ2) is 14.0. The number of rotatable bonds is 8. The van der Waals surface area contributed by atoms with Gasteiger partial charge in [-0.25, -0.2) is 4.90 Å². The number of non-ortho nitro benzene ring substituents is 1. The quantitative estimate of drug-likeness (QED) is 0.0728. The van der Waals surface area contributed by atoms with Crippen LogP contribution in [-0.2, 0) is 31.2 Å². The molecule has 1 saturated heterocycles. The number of aromatic hydroxyl groups is 1. The number of phenolic OH excluding ortho intramolecular Hbond substituents is 1. The van der Waals surface area contributed by atoms with Crippen molar-refractivity contribution < 1.29 is 33.9 Å². The van der Waals surface area contributed by atoms with Gasteiger partial charge in [0.2, 0.25) is 11.8 Å². The lowest BCUT2D eigenvalue weighted by Crippen LogP contribution is -2.58. The molecule has 4 aliphatic rings. The summed E-state index contributed by atoms with van der Waals surface area (Å²) in [5, 5.41) is 23.7. The first-order valence-corrected chi connectivity index (χ1v) is 18.9. The summed E-state index contributed by atoms with van der Waals surface area (Å²) < 4.78 is 6.06. The van der Waals surface area contributed by atoms with Gasteiger partial charge >= 0.3 is 0 Å². The van der Waals surface area contributed by atoms with Gasteiger partial charge in [0.05, 0.1) is 27.9 Å². The maximum Gasteiger partial charge on any atom is 0.271 e. The summed E-state index contributed by atoms with van der Waals surface area (Å²) in [6.07, 6.45) is 3.58. The number of carbonyl (C=O) groups excluding carboxylic acids is 4. The maximum atomic E-state index is 15.3. The summed E-state index contributed by atoms with van der Waals surface area (Å²) in [7, 11) is 0. The van der Waals surface area contributed by atoms with Gasteiger partial charge in [-0.1, -0.05) is 115 Å². The van der Waals surface area contributed by atoms with Crippen molar-refractivity contribution in [3.8, 4) is 11.5 Å². The van der Waals surface area contributed by atoms with Gasteiger partial charge in [0.1, 0.15) is 18.1 Å². The summed E-state index contributed by atoms with van der Waals surface area (Å²) in [4.78, 5) is 71.4. The Bertz CT molecular complexity index is 2530. The number of nitrogens with zero attached hydrogens (tertiary/aromatic N) is 2. The van der Waals surface area contributed by atoms with Gasteiger partial charge in [0, 0.05) is 41.2 Å². The van der Waals surface area contributed by atoms with Crippen molar-refractivity contribution in [2.24, 2.45) is 23.7 Å². The number of phenols is 1. The molecule has 2 amide bonds. The second-order valence-electron chi connectivity index (χ2n) is 15.1. The fourth-order valence-corrected chi connectivity index (χ4v) is 9.82. The molecule has 0 spiro atoms. The Kier molecular flexibility index (Phi) is 8.76. The first-order chi connectivity index (χ1) is 27.7. The molecular weight excluding hydrogens is 721 g/mol. The summed E-state index contributed by atoms with van der Waals surface area (Å²) in [6, 6.07) is 38.1. The number of hydrogen-bond donors (Lipinski definition) is 1. The number of carbonyl (C=O) groups is 4. The summed E-state index contributed by atoms with van der Waals surface area (Å²) >= 11 is 0. The zero-order chi connectivity index (χ0) is 39.4. The molecule has 0 radical (unpaired) electrons. The van der Waals surface area contributed by atoms with Gasteiger partial charge in [0.15, 0.2) is 11.6 Å². The van der Waals surface area contributed by atoms with Gasteiger partial charge in [-0.05, 0) is 53.7 Å². The summed E-state index contributed by atoms with van der Waals surface area (Å²) in [6.45, 7) is 0.257. The van der Waals surface area contributed by atoms with Gasteiger partial charge < -0.3 is 9.84 Å². The molecule has 57 heavy (non-hydrogen) atoms. The monoisotopic (exact) mass is 756 g/mol. The van der Waals surface area contributed by atoms with E-state index in [2.05, 4.69) is 0 Å². The number of Topliss-reactive ketones (excluding diaryl/α,β-unsaturated/α-hetero) is 1. The number of hydrogen-bond acceptors (Lipinski definition) is 8. The predicted octanol–water partition coefficient (Wildman–Crippen LogP) is 7.91. The molecule has 6 unspecified atom stereocenters. The van der Waals surface area contributed by atoms with E-state index < -0.39 is 51.7 Å². The van der Waals surface area contributed by atoms with Gasteiger partial charge in [-0.2, -0.15) is 0 Å². The van der Waals surface area contributed by atoms with Crippen molar-refractivity contribution in [2.45, 2.75) is 30.8 Å². The fourth-order valence-electron chi connectivity index (χ4n) is 9.82. The first-order valence-electron chi connectivity index (χ1n) is 18.9. The first kappa shape index (κ1) is 35.7. The van der Waals surface area contributed by atoms with Crippen LogP contribution >= 0.6 is 0 Å². The molecule has 1 saturated carbocycles. The molecule has 3 aliphatic carbocycles. The molecule has 1 heterocycles. The van der Waals surface area contributed by atoms with E-state index in [-0.39, 0.29) is 53.7 Å². The van der Waals surface area contributed by atoms with Crippen LogP contribution in [0.4, 0.5) is 11.4 Å². The van der Waals surface area contributed by atoms with Crippen molar-refractivity contribution in [3.63, 3.8) is 0 Å². The van der Waals surface area contributed by atoms with Crippen LogP contribution in [0.15, 0.2) is 151 Å². The molecule has 5 aromatic rings. The van der Waals surface area contributed by atoms with Crippen molar-refractivity contribution >= 4 is 40.3 Å². The second-order valence-corrected chi connectivity index (χ2v) is 15.1. The van der Waals surface area contributed by atoms with Crippen LogP contribution in [0, 0.1) is 33.8 Å². The molecule has 1 N–H and O–H groups in total. The fraction of sp³-hybridized carbons (Fsp3) is 0.191. The third kappa shape index (κ3) is 5.70. The topological polar surface area (TPSA) is 144 Å². The van der Waals surface area contributed by atoms with E-state index in [0.717, 1.165) is 10.5 Å². The van der Waals surface area contributed by atoms with E-state index in [0.29, 0.717) is 28.0 Å². The number of benzene rings is 5. The number of ether oxygens (including phenoxy) is 1. The summed E-state index contributed by atoms with van der Waals surface area (Å²) in [5.74, 6) is -5.64. The number of allylic oxidation sites excluding steroid dienone is 4. The van der Waals surface area contributed by atoms with Crippen LogP contribution in [0.25, 0.3) is 5.57 Å². The average Bonchev–Trinajstić information content (AvgIpc) is 3.50. The number of imide groups is 1. The molecule has 9 rings (SSSR count). The molecular formula is C47H36N2O8. The highest BCUT2D eigenvalue weighted by atomic mass is 16.6. The Labute approximate surface area is 327 Å². The minimum atomic E-state index is -1.53.